The molecule has 58 valence electrons. The third-order valence-corrected chi connectivity index (χ3v) is 1.52. The lowest BCUT2D eigenvalue weighted by Crippen LogP contribution is -2.08. The van der Waals surface area contributed by atoms with Gasteiger partial charge in [0, 0.05) is 5.56 Å². The quantitative estimate of drug-likeness (QED) is 0.643. The zero-order chi connectivity index (χ0) is 8.27. The van der Waals surface area contributed by atoms with Crippen molar-refractivity contribution in [3.8, 4) is 0 Å². The molecule has 0 aliphatic carbocycles. The molecule has 0 aliphatic rings. The van der Waals surface area contributed by atoms with Gasteiger partial charge in [0.2, 0.25) is 0 Å². The van der Waals surface area contributed by atoms with Crippen molar-refractivity contribution in [3.63, 3.8) is 0 Å². The smallest absolute Gasteiger partial charge is 0.128 e. The van der Waals surface area contributed by atoms with Crippen LogP contribution in [0.25, 0.3) is 0 Å². The van der Waals surface area contributed by atoms with Crippen LogP contribution in [-0.4, -0.2) is 0 Å². The lowest BCUT2D eigenvalue weighted by atomic mass is 10.1. The van der Waals surface area contributed by atoms with Crippen molar-refractivity contribution < 1.29 is 4.39 Å². The Bertz CT molecular complexity index is 257. The van der Waals surface area contributed by atoms with Crippen LogP contribution in [0.1, 0.15) is 11.6 Å². The van der Waals surface area contributed by atoms with Crippen LogP contribution < -0.4 is 5.73 Å². The van der Waals surface area contributed by atoms with E-state index >= 15 is 0 Å². The summed E-state index contributed by atoms with van der Waals surface area (Å²) in [6, 6.07) is 6.02. The lowest BCUT2D eigenvalue weighted by molar-refractivity contribution is 0.602. The highest BCUT2D eigenvalue weighted by atomic mass is 19.1. The molecule has 0 radical (unpaired) electrons. The highest BCUT2D eigenvalue weighted by molar-refractivity contribution is 5.23. The van der Waals surface area contributed by atoms with E-state index in [1.54, 1.807) is 18.2 Å². The molecule has 0 aromatic heterocycles. The molecule has 0 heterocycles. The first-order valence-electron chi connectivity index (χ1n) is 3.38. The zero-order valence-corrected chi connectivity index (χ0v) is 6.13. The van der Waals surface area contributed by atoms with E-state index in [4.69, 9.17) is 5.73 Å². The van der Waals surface area contributed by atoms with Gasteiger partial charge in [-0.25, -0.2) is 4.39 Å². The van der Waals surface area contributed by atoms with Gasteiger partial charge < -0.3 is 5.73 Å². The molecule has 1 rings (SSSR count). The summed E-state index contributed by atoms with van der Waals surface area (Å²) < 4.78 is 12.9. The maximum Gasteiger partial charge on any atom is 0.128 e. The summed E-state index contributed by atoms with van der Waals surface area (Å²) in [5, 5.41) is 0. The number of benzene rings is 1. The Hall–Kier alpha value is -1.15. The first kappa shape index (κ1) is 7.95. The Balaban J connectivity index is 3.02. The van der Waals surface area contributed by atoms with Crippen LogP contribution in [0.15, 0.2) is 36.9 Å². The van der Waals surface area contributed by atoms with Crippen molar-refractivity contribution in [3.05, 3.63) is 48.3 Å². The van der Waals surface area contributed by atoms with Crippen molar-refractivity contribution in [2.24, 2.45) is 5.73 Å². The number of hydrogen-bond acceptors (Lipinski definition) is 1. The molecule has 0 saturated carbocycles. The molecule has 0 unspecified atom stereocenters. The first-order valence-corrected chi connectivity index (χ1v) is 3.38. The third-order valence-electron chi connectivity index (χ3n) is 1.52. The van der Waals surface area contributed by atoms with Crippen LogP contribution >= 0.6 is 0 Å². The molecule has 0 spiro atoms. The Morgan fingerprint density at radius 2 is 2.09 bits per heavy atom. The minimum atomic E-state index is -0.406. The summed E-state index contributed by atoms with van der Waals surface area (Å²) in [5.74, 6) is -0.278. The molecule has 2 heteroatoms. The first-order chi connectivity index (χ1) is 5.25. The molecule has 1 aromatic rings. The van der Waals surface area contributed by atoms with Crippen LogP contribution in [0.4, 0.5) is 4.39 Å². The third kappa shape index (κ3) is 1.65. The summed E-state index contributed by atoms with van der Waals surface area (Å²) >= 11 is 0. The second kappa shape index (κ2) is 3.30. The van der Waals surface area contributed by atoms with Crippen molar-refractivity contribution in [1.29, 1.82) is 0 Å². The van der Waals surface area contributed by atoms with E-state index < -0.39 is 6.04 Å². The van der Waals surface area contributed by atoms with Crippen molar-refractivity contribution in [2.75, 3.05) is 0 Å². The van der Waals surface area contributed by atoms with E-state index in [0.717, 1.165) is 0 Å². The van der Waals surface area contributed by atoms with Gasteiger partial charge in [-0.15, -0.1) is 6.58 Å². The van der Waals surface area contributed by atoms with Gasteiger partial charge in [-0.05, 0) is 6.07 Å². The van der Waals surface area contributed by atoms with Crippen molar-refractivity contribution in [2.45, 2.75) is 6.04 Å². The van der Waals surface area contributed by atoms with Crippen LogP contribution in [0.2, 0.25) is 0 Å². The summed E-state index contributed by atoms with van der Waals surface area (Å²) in [6.07, 6.45) is 1.51. The molecule has 1 atom stereocenters. The maximum absolute atomic E-state index is 12.9. The van der Waals surface area contributed by atoms with Crippen LogP contribution in [-0.2, 0) is 0 Å². The minimum Gasteiger partial charge on any atom is -0.321 e. The maximum atomic E-state index is 12.9. The van der Waals surface area contributed by atoms with Gasteiger partial charge in [0.1, 0.15) is 5.82 Å². The minimum absolute atomic E-state index is 0.278. The van der Waals surface area contributed by atoms with Gasteiger partial charge >= 0.3 is 0 Å². The predicted octanol–water partition coefficient (Wildman–Crippen LogP) is 2.01. The Kier molecular flexibility index (Phi) is 2.39. The normalized spacial score (nSPS) is 12.5. The number of halogens is 1. The summed E-state index contributed by atoms with van der Waals surface area (Å²) in [7, 11) is 0. The number of hydrogen-bond donors (Lipinski definition) is 1. The summed E-state index contributed by atoms with van der Waals surface area (Å²) in [5.41, 5.74) is 6.03. The van der Waals surface area contributed by atoms with Gasteiger partial charge in [0.05, 0.1) is 6.04 Å². The fourth-order valence-corrected chi connectivity index (χ4v) is 0.872. The SMILES string of the molecule is C=C[C@@H](N)c1ccccc1F. The van der Waals surface area contributed by atoms with E-state index in [1.165, 1.54) is 12.1 Å². The fraction of sp³-hybridized carbons (Fsp3) is 0.111. The fourth-order valence-electron chi connectivity index (χ4n) is 0.872. The van der Waals surface area contributed by atoms with Gasteiger partial charge in [-0.2, -0.15) is 0 Å². The molecule has 0 saturated heterocycles. The molecule has 0 fully saturated rings. The van der Waals surface area contributed by atoms with Crippen molar-refractivity contribution >= 4 is 0 Å². The standard InChI is InChI=1S/C9H10FN/c1-2-9(11)7-5-3-4-6-8(7)10/h2-6,9H,1,11H2/t9-/m1/s1. The average Bonchev–Trinajstić information content (AvgIpc) is 2.04. The largest absolute Gasteiger partial charge is 0.321 e. The summed E-state index contributed by atoms with van der Waals surface area (Å²) in [4.78, 5) is 0. The molecule has 1 aromatic carbocycles. The molecule has 0 bridgehead atoms. The van der Waals surface area contributed by atoms with Crippen LogP contribution in [0.5, 0.6) is 0 Å². The van der Waals surface area contributed by atoms with E-state index in [-0.39, 0.29) is 5.82 Å². The molecule has 0 aliphatic heterocycles. The molecule has 11 heavy (non-hydrogen) atoms. The molecule has 0 amide bonds. The van der Waals surface area contributed by atoms with E-state index in [1.807, 2.05) is 0 Å². The highest BCUT2D eigenvalue weighted by Gasteiger charge is 2.05. The second-order valence-corrected chi connectivity index (χ2v) is 2.28. The second-order valence-electron chi connectivity index (χ2n) is 2.28. The molecular weight excluding hydrogens is 141 g/mol. The Labute approximate surface area is 65.3 Å². The van der Waals surface area contributed by atoms with E-state index in [2.05, 4.69) is 6.58 Å². The molecule has 1 nitrogen and oxygen atoms in total. The predicted molar refractivity (Wildman–Crippen MR) is 43.5 cm³/mol. The van der Waals surface area contributed by atoms with Gasteiger partial charge in [0.15, 0.2) is 0 Å². The monoisotopic (exact) mass is 151 g/mol. The highest BCUT2D eigenvalue weighted by Crippen LogP contribution is 2.14. The number of rotatable bonds is 2. The van der Waals surface area contributed by atoms with E-state index in [0.29, 0.717) is 5.56 Å². The number of nitrogens with two attached hydrogens (primary N) is 1. The average molecular weight is 151 g/mol. The zero-order valence-electron chi connectivity index (χ0n) is 6.13. The van der Waals surface area contributed by atoms with Gasteiger partial charge in [0.25, 0.3) is 0 Å². The van der Waals surface area contributed by atoms with Gasteiger partial charge in [-0.1, -0.05) is 24.3 Å². The molecule has 2 N–H and O–H groups in total. The molecular formula is C9H10FN. The Morgan fingerprint density at radius 3 is 2.64 bits per heavy atom. The van der Waals surface area contributed by atoms with Crippen LogP contribution in [0, 0.1) is 5.82 Å². The van der Waals surface area contributed by atoms with Crippen molar-refractivity contribution in [1.82, 2.24) is 0 Å². The lowest BCUT2D eigenvalue weighted by Gasteiger charge is -2.06. The topological polar surface area (TPSA) is 26.0 Å². The van der Waals surface area contributed by atoms with Gasteiger partial charge in [-0.3, -0.25) is 0 Å². The Morgan fingerprint density at radius 1 is 1.45 bits per heavy atom. The summed E-state index contributed by atoms with van der Waals surface area (Å²) in [6.45, 7) is 3.49. The van der Waals surface area contributed by atoms with Crippen LogP contribution in [0.3, 0.4) is 0 Å². The van der Waals surface area contributed by atoms with E-state index in [9.17, 15) is 4.39 Å².